The smallest absolute Gasteiger partial charge is 0.417 e. The molecule has 0 fully saturated rings. The van der Waals surface area contributed by atoms with Crippen molar-refractivity contribution < 1.29 is 22.5 Å². The molecule has 0 aromatic heterocycles. The van der Waals surface area contributed by atoms with Crippen LogP contribution in [0.4, 0.5) is 0 Å². The van der Waals surface area contributed by atoms with Gasteiger partial charge in [-0.15, -0.1) is 9.05 Å². The summed E-state index contributed by atoms with van der Waals surface area (Å²) in [5.41, 5.74) is 0. The molecule has 0 bridgehead atoms. The molecule has 0 spiro atoms. The summed E-state index contributed by atoms with van der Waals surface area (Å²) in [6.07, 6.45) is 3.50. The molecular formula is C20H46O5PSi2+. The Morgan fingerprint density at radius 2 is 0.893 bits per heavy atom. The second-order valence-corrected chi connectivity index (χ2v) is 21.1. The quantitative estimate of drug-likeness (QED) is 0.157. The molecule has 0 saturated heterocycles. The standard InChI is InChI=1S/C20H46O5PSi2/c1-19(2,3)27(7,8)24-17-13-11-15-22-26(21)23-16-12-14-18-25-28(9,10)20(4,5)6/h11-18H2,1-10H3/q+1. The summed E-state index contributed by atoms with van der Waals surface area (Å²) >= 11 is 0. The summed E-state index contributed by atoms with van der Waals surface area (Å²) in [6.45, 7) is 24.8. The van der Waals surface area contributed by atoms with Gasteiger partial charge >= 0.3 is 8.25 Å². The molecule has 0 N–H and O–H groups in total. The van der Waals surface area contributed by atoms with Crippen molar-refractivity contribution in [1.82, 2.24) is 0 Å². The molecule has 0 aliphatic heterocycles. The van der Waals surface area contributed by atoms with Gasteiger partial charge in [-0.3, -0.25) is 0 Å². The molecular weight excluding hydrogens is 407 g/mol. The predicted octanol–water partition coefficient (Wildman–Crippen LogP) is 7.28. The molecule has 0 heterocycles. The van der Waals surface area contributed by atoms with Crippen molar-refractivity contribution >= 4 is 24.9 Å². The monoisotopic (exact) mass is 453 g/mol. The van der Waals surface area contributed by atoms with E-state index < -0.39 is 24.9 Å². The molecule has 0 radical (unpaired) electrons. The predicted molar refractivity (Wildman–Crippen MR) is 124 cm³/mol. The fourth-order valence-corrected chi connectivity index (χ4v) is 4.62. The van der Waals surface area contributed by atoms with Crippen LogP contribution in [-0.2, 0) is 22.5 Å². The first kappa shape index (κ1) is 28.4. The van der Waals surface area contributed by atoms with Crippen molar-refractivity contribution in [3.63, 3.8) is 0 Å². The van der Waals surface area contributed by atoms with Gasteiger partial charge in [-0.25, -0.2) is 0 Å². The van der Waals surface area contributed by atoms with Gasteiger partial charge in [-0.2, -0.15) is 0 Å². The van der Waals surface area contributed by atoms with Gasteiger partial charge in [-0.1, -0.05) is 41.5 Å². The Kier molecular flexibility index (Phi) is 12.4. The lowest BCUT2D eigenvalue weighted by Gasteiger charge is -2.36. The van der Waals surface area contributed by atoms with Crippen LogP contribution < -0.4 is 0 Å². The molecule has 0 aliphatic carbocycles. The van der Waals surface area contributed by atoms with E-state index in [1.807, 2.05) is 0 Å². The SMILES string of the molecule is CC(C)(C)[Si](C)(C)OCCCCO[P+](=O)OCCCCO[Si](C)(C)C(C)(C)C. The summed E-state index contributed by atoms with van der Waals surface area (Å²) in [5, 5.41) is 0.465. The zero-order valence-corrected chi connectivity index (χ0v) is 23.0. The van der Waals surface area contributed by atoms with Gasteiger partial charge in [0, 0.05) is 17.8 Å². The summed E-state index contributed by atoms with van der Waals surface area (Å²) in [7, 11) is -5.36. The molecule has 0 atom stereocenters. The number of hydrogen-bond acceptors (Lipinski definition) is 5. The lowest BCUT2D eigenvalue weighted by molar-refractivity contribution is 0.203. The average Bonchev–Trinajstić information content (AvgIpc) is 2.51. The minimum absolute atomic E-state index is 0.233. The average molecular weight is 454 g/mol. The van der Waals surface area contributed by atoms with Crippen LogP contribution in [0.5, 0.6) is 0 Å². The molecule has 28 heavy (non-hydrogen) atoms. The fraction of sp³-hybridized carbons (Fsp3) is 1.00. The number of hydrogen-bond donors (Lipinski definition) is 0. The molecule has 0 rings (SSSR count). The Morgan fingerprint density at radius 1 is 0.607 bits per heavy atom. The van der Waals surface area contributed by atoms with E-state index in [-0.39, 0.29) is 10.1 Å². The minimum atomic E-state index is -2.02. The molecule has 0 amide bonds. The Bertz CT molecular complexity index is 416. The van der Waals surface area contributed by atoms with Crippen LogP contribution in [0.2, 0.25) is 36.3 Å². The van der Waals surface area contributed by atoms with Crippen LogP contribution in [-0.4, -0.2) is 43.1 Å². The van der Waals surface area contributed by atoms with Crippen molar-refractivity contribution in [3.05, 3.63) is 0 Å². The van der Waals surface area contributed by atoms with Crippen LogP contribution in [0, 0.1) is 0 Å². The van der Waals surface area contributed by atoms with Crippen LogP contribution in [0.15, 0.2) is 0 Å². The second kappa shape index (κ2) is 12.3. The van der Waals surface area contributed by atoms with Crippen LogP contribution in [0.1, 0.15) is 67.2 Å². The van der Waals surface area contributed by atoms with Crippen molar-refractivity contribution in [1.29, 1.82) is 0 Å². The molecule has 0 unspecified atom stereocenters. The zero-order chi connectivity index (χ0) is 22.1. The van der Waals surface area contributed by atoms with Gasteiger partial charge in [-0.05, 0) is 61.9 Å². The maximum Gasteiger partial charge on any atom is 0.697 e. The Labute approximate surface area is 177 Å². The molecule has 5 nitrogen and oxygen atoms in total. The largest absolute Gasteiger partial charge is 0.697 e. The van der Waals surface area contributed by atoms with E-state index in [9.17, 15) is 4.57 Å². The lowest BCUT2D eigenvalue weighted by atomic mass is 10.2. The highest BCUT2D eigenvalue weighted by molar-refractivity contribution is 7.33. The Morgan fingerprint density at radius 3 is 1.18 bits per heavy atom. The van der Waals surface area contributed by atoms with E-state index >= 15 is 0 Å². The van der Waals surface area contributed by atoms with Crippen molar-refractivity contribution in [2.45, 2.75) is 103 Å². The highest BCUT2D eigenvalue weighted by atomic mass is 31.1. The maximum atomic E-state index is 11.7. The summed E-state index contributed by atoms with van der Waals surface area (Å²) in [5.74, 6) is 0. The first-order valence-electron chi connectivity index (χ1n) is 10.6. The third-order valence-corrected chi connectivity index (χ3v) is 15.9. The number of rotatable bonds is 14. The minimum Gasteiger partial charge on any atom is -0.417 e. The second-order valence-electron chi connectivity index (χ2n) is 10.5. The Hall–Kier alpha value is 0.374. The maximum absolute atomic E-state index is 11.7. The van der Waals surface area contributed by atoms with Gasteiger partial charge in [0.05, 0.1) is 0 Å². The van der Waals surface area contributed by atoms with Crippen LogP contribution in [0.3, 0.4) is 0 Å². The molecule has 0 saturated carbocycles. The van der Waals surface area contributed by atoms with Crippen molar-refractivity contribution in [3.8, 4) is 0 Å². The molecule has 8 heteroatoms. The first-order chi connectivity index (χ1) is 12.6. The van der Waals surface area contributed by atoms with Gasteiger partial charge < -0.3 is 8.85 Å². The molecule has 0 aliphatic rings. The van der Waals surface area contributed by atoms with Gasteiger partial charge in [0.1, 0.15) is 13.2 Å². The van der Waals surface area contributed by atoms with Crippen LogP contribution >= 0.6 is 8.25 Å². The zero-order valence-electron chi connectivity index (χ0n) is 20.1. The van der Waals surface area contributed by atoms with Gasteiger partial charge in [0.2, 0.25) is 0 Å². The van der Waals surface area contributed by atoms with E-state index in [4.69, 9.17) is 17.9 Å². The fourth-order valence-electron chi connectivity index (χ4n) is 1.81. The van der Waals surface area contributed by atoms with Crippen molar-refractivity contribution in [2.75, 3.05) is 26.4 Å². The molecule has 0 aromatic rings. The van der Waals surface area contributed by atoms with E-state index in [1.165, 1.54) is 0 Å². The van der Waals surface area contributed by atoms with E-state index in [2.05, 4.69) is 67.7 Å². The first-order valence-corrected chi connectivity index (χ1v) is 17.5. The summed E-state index contributed by atoms with van der Waals surface area (Å²) in [4.78, 5) is 0. The molecule has 168 valence electrons. The molecule has 0 aromatic carbocycles. The van der Waals surface area contributed by atoms with Crippen LogP contribution in [0.25, 0.3) is 0 Å². The van der Waals surface area contributed by atoms with Crippen molar-refractivity contribution in [2.24, 2.45) is 0 Å². The Balaban J connectivity index is 3.67. The highest BCUT2D eigenvalue weighted by Gasteiger charge is 2.37. The number of unbranched alkanes of at least 4 members (excludes halogenated alkanes) is 2. The third-order valence-electron chi connectivity index (χ3n) is 6.01. The third kappa shape index (κ3) is 11.5. The van der Waals surface area contributed by atoms with E-state index in [1.54, 1.807) is 0 Å². The lowest BCUT2D eigenvalue weighted by Crippen LogP contribution is -2.40. The summed E-state index contributed by atoms with van der Waals surface area (Å²) < 4.78 is 34.5. The summed E-state index contributed by atoms with van der Waals surface area (Å²) in [6, 6.07) is 0. The van der Waals surface area contributed by atoms with E-state index in [0.717, 1.165) is 38.9 Å². The van der Waals surface area contributed by atoms with Gasteiger partial charge in [0.25, 0.3) is 0 Å². The van der Waals surface area contributed by atoms with E-state index in [0.29, 0.717) is 13.2 Å². The van der Waals surface area contributed by atoms with Gasteiger partial charge in [0.15, 0.2) is 16.6 Å². The highest BCUT2D eigenvalue weighted by Crippen LogP contribution is 2.37. The normalized spacial score (nSPS) is 13.8. The topological polar surface area (TPSA) is 54.0 Å².